The van der Waals surface area contributed by atoms with E-state index in [2.05, 4.69) is 22.2 Å². The molecule has 0 spiro atoms. The Hall–Kier alpha value is -3.54. The van der Waals surface area contributed by atoms with Crippen molar-refractivity contribution >= 4 is 16.4 Å². The smallest absolute Gasteiger partial charge is 0.212 e. The predicted octanol–water partition coefficient (Wildman–Crippen LogP) is 4.49. The van der Waals surface area contributed by atoms with Gasteiger partial charge in [0.25, 0.3) is 0 Å². The van der Waals surface area contributed by atoms with E-state index in [0.717, 1.165) is 44.6 Å². The highest BCUT2D eigenvalue weighted by atomic mass is 19.1. The largest absolute Gasteiger partial charge is 0.240 e. The summed E-state index contributed by atoms with van der Waals surface area (Å²) in [6.07, 6.45) is 3.43. The van der Waals surface area contributed by atoms with Crippen LogP contribution >= 0.6 is 0 Å². The number of aryl methyl sites for hydroxylation is 2. The zero-order valence-corrected chi connectivity index (χ0v) is 14.9. The van der Waals surface area contributed by atoms with Crippen LogP contribution in [0.3, 0.4) is 0 Å². The number of aromatic nitrogens is 5. The fraction of sp³-hybridized carbons (Fsp3) is 0.0952. The molecule has 5 rings (SSSR count). The van der Waals surface area contributed by atoms with Gasteiger partial charge in [-0.15, -0.1) is 0 Å². The zero-order chi connectivity index (χ0) is 18.5. The van der Waals surface area contributed by atoms with Crippen LogP contribution in [-0.2, 0) is 0 Å². The molecule has 0 aliphatic heterocycles. The first-order chi connectivity index (χ1) is 13.1. The molecule has 27 heavy (non-hydrogen) atoms. The van der Waals surface area contributed by atoms with E-state index in [9.17, 15) is 4.39 Å². The van der Waals surface area contributed by atoms with E-state index in [4.69, 9.17) is 5.10 Å². The molecule has 0 fully saturated rings. The van der Waals surface area contributed by atoms with E-state index in [1.165, 1.54) is 12.3 Å². The molecule has 132 valence electrons. The van der Waals surface area contributed by atoms with E-state index in [1.807, 2.05) is 53.5 Å². The Bertz CT molecular complexity index is 1300. The van der Waals surface area contributed by atoms with Gasteiger partial charge in [-0.3, -0.25) is 0 Å². The second kappa shape index (κ2) is 5.74. The molecule has 0 saturated carbocycles. The van der Waals surface area contributed by atoms with Gasteiger partial charge in [-0.05, 0) is 49.7 Å². The van der Waals surface area contributed by atoms with Gasteiger partial charge in [0.15, 0.2) is 0 Å². The molecule has 0 bridgehead atoms. The summed E-state index contributed by atoms with van der Waals surface area (Å²) in [5.74, 6) is -0.508. The van der Waals surface area contributed by atoms with Gasteiger partial charge in [-0.2, -0.15) is 14.6 Å². The second-order valence-electron chi connectivity index (χ2n) is 6.61. The minimum atomic E-state index is -0.508. The number of benzene rings is 1. The van der Waals surface area contributed by atoms with Crippen LogP contribution in [0.1, 0.15) is 11.3 Å². The summed E-state index contributed by atoms with van der Waals surface area (Å²) in [6, 6.07) is 15.2. The molecule has 4 heterocycles. The fourth-order valence-electron chi connectivity index (χ4n) is 3.55. The van der Waals surface area contributed by atoms with E-state index >= 15 is 0 Å². The van der Waals surface area contributed by atoms with Crippen molar-refractivity contribution in [1.82, 2.24) is 24.4 Å². The molecule has 0 unspecified atom stereocenters. The van der Waals surface area contributed by atoms with Crippen LogP contribution in [0, 0.1) is 19.8 Å². The highest BCUT2D eigenvalue weighted by Crippen LogP contribution is 2.33. The molecule has 4 aromatic heterocycles. The van der Waals surface area contributed by atoms with Crippen LogP contribution in [0.15, 0.2) is 60.9 Å². The molecule has 0 atom stereocenters. The van der Waals surface area contributed by atoms with Gasteiger partial charge >= 0.3 is 0 Å². The Morgan fingerprint density at radius 2 is 1.85 bits per heavy atom. The maximum Gasteiger partial charge on any atom is 0.212 e. The van der Waals surface area contributed by atoms with Crippen molar-refractivity contribution < 1.29 is 4.39 Å². The minimum Gasteiger partial charge on any atom is -0.240 e. The Morgan fingerprint density at radius 1 is 0.963 bits per heavy atom. The number of rotatable bonds is 2. The molecule has 6 heteroatoms. The maximum absolute atomic E-state index is 13.3. The summed E-state index contributed by atoms with van der Waals surface area (Å²) in [4.78, 5) is 3.79. The summed E-state index contributed by atoms with van der Waals surface area (Å²) >= 11 is 0. The van der Waals surface area contributed by atoms with Crippen molar-refractivity contribution in [1.29, 1.82) is 0 Å². The van der Waals surface area contributed by atoms with Crippen LogP contribution in [-0.4, -0.2) is 24.4 Å². The standard InChI is InChI=1S/C21H16FN5/c1-13-5-3-6-17-20(16-7-4-10-26-18(16)11-14(2)24-26)25-27(21(13)17)15-8-9-19(22)23-12-15/h3-12H,1-2H3. The van der Waals surface area contributed by atoms with Gasteiger partial charge in [-0.25, -0.2) is 14.2 Å². The van der Waals surface area contributed by atoms with Gasteiger partial charge in [0, 0.05) is 17.1 Å². The number of fused-ring (bicyclic) bond motifs is 2. The highest BCUT2D eigenvalue weighted by Gasteiger charge is 2.18. The lowest BCUT2D eigenvalue weighted by atomic mass is 10.1. The van der Waals surface area contributed by atoms with E-state index in [1.54, 1.807) is 6.07 Å². The first kappa shape index (κ1) is 15.7. The van der Waals surface area contributed by atoms with E-state index < -0.39 is 5.95 Å². The van der Waals surface area contributed by atoms with Crippen molar-refractivity contribution in [2.75, 3.05) is 0 Å². The van der Waals surface area contributed by atoms with Gasteiger partial charge in [-0.1, -0.05) is 18.2 Å². The topological polar surface area (TPSA) is 48.0 Å². The van der Waals surface area contributed by atoms with Gasteiger partial charge in [0.1, 0.15) is 5.69 Å². The third kappa shape index (κ3) is 2.41. The molecule has 0 radical (unpaired) electrons. The first-order valence-corrected chi connectivity index (χ1v) is 8.67. The highest BCUT2D eigenvalue weighted by molar-refractivity contribution is 5.99. The first-order valence-electron chi connectivity index (χ1n) is 8.67. The van der Waals surface area contributed by atoms with E-state index in [-0.39, 0.29) is 0 Å². The number of halogens is 1. The lowest BCUT2D eigenvalue weighted by Crippen LogP contribution is -1.99. The lowest BCUT2D eigenvalue weighted by Gasteiger charge is -2.04. The molecular weight excluding hydrogens is 341 g/mol. The lowest BCUT2D eigenvalue weighted by molar-refractivity contribution is 0.582. The number of hydrogen-bond acceptors (Lipinski definition) is 3. The molecule has 5 nitrogen and oxygen atoms in total. The van der Waals surface area contributed by atoms with Crippen molar-refractivity contribution in [3.8, 4) is 16.9 Å². The molecule has 0 N–H and O–H groups in total. The quantitative estimate of drug-likeness (QED) is 0.437. The summed E-state index contributed by atoms with van der Waals surface area (Å²) in [5.41, 5.74) is 6.61. The van der Waals surface area contributed by atoms with Crippen LogP contribution in [0.5, 0.6) is 0 Å². The molecule has 0 amide bonds. The molecule has 0 aliphatic carbocycles. The third-order valence-corrected chi connectivity index (χ3v) is 4.74. The minimum absolute atomic E-state index is 0.508. The normalized spacial score (nSPS) is 11.5. The number of pyridine rings is 2. The summed E-state index contributed by atoms with van der Waals surface area (Å²) in [7, 11) is 0. The SMILES string of the molecule is Cc1cc2c(-c3nn(-c4ccc(F)nc4)c4c(C)cccc34)cccn2n1. The van der Waals surface area contributed by atoms with Crippen molar-refractivity contribution in [2.24, 2.45) is 0 Å². The average molecular weight is 357 g/mol. The van der Waals surface area contributed by atoms with Gasteiger partial charge in [0.2, 0.25) is 5.95 Å². The Kier molecular flexibility index (Phi) is 3.33. The molecule has 0 saturated heterocycles. The molecule has 0 aliphatic rings. The second-order valence-corrected chi connectivity index (χ2v) is 6.61. The van der Waals surface area contributed by atoms with E-state index in [0.29, 0.717) is 0 Å². The Labute approximate surface area is 154 Å². The Morgan fingerprint density at radius 3 is 2.67 bits per heavy atom. The number of para-hydroxylation sites is 1. The average Bonchev–Trinajstić information content (AvgIpc) is 3.23. The maximum atomic E-state index is 13.3. The van der Waals surface area contributed by atoms with Crippen molar-refractivity contribution in [3.63, 3.8) is 0 Å². The van der Waals surface area contributed by atoms with Gasteiger partial charge in [0.05, 0.1) is 28.6 Å². The summed E-state index contributed by atoms with van der Waals surface area (Å²) in [6.45, 7) is 4.02. The zero-order valence-electron chi connectivity index (χ0n) is 14.9. The van der Waals surface area contributed by atoms with Crippen molar-refractivity contribution in [2.45, 2.75) is 13.8 Å². The van der Waals surface area contributed by atoms with Crippen LogP contribution in [0.4, 0.5) is 4.39 Å². The van der Waals surface area contributed by atoms with Gasteiger partial charge < -0.3 is 0 Å². The summed E-state index contributed by atoms with van der Waals surface area (Å²) < 4.78 is 17.0. The third-order valence-electron chi connectivity index (χ3n) is 4.74. The van der Waals surface area contributed by atoms with Crippen molar-refractivity contribution in [3.05, 3.63) is 78.1 Å². The Balaban J connectivity index is 1.86. The van der Waals surface area contributed by atoms with Crippen LogP contribution < -0.4 is 0 Å². The number of hydrogen-bond donors (Lipinski definition) is 0. The molecule has 1 aromatic carbocycles. The molecule has 5 aromatic rings. The van der Waals surface area contributed by atoms with Crippen LogP contribution in [0.2, 0.25) is 0 Å². The molecular formula is C21H16FN5. The number of nitrogens with zero attached hydrogens (tertiary/aromatic N) is 5. The monoisotopic (exact) mass is 357 g/mol. The summed E-state index contributed by atoms with van der Waals surface area (Å²) in [5, 5.41) is 10.4. The predicted molar refractivity (Wildman–Crippen MR) is 102 cm³/mol. The fourth-order valence-corrected chi connectivity index (χ4v) is 3.55. The van der Waals surface area contributed by atoms with Crippen LogP contribution in [0.25, 0.3) is 33.4 Å².